The zero-order valence-corrected chi connectivity index (χ0v) is 16.6. The van der Waals surface area contributed by atoms with Crippen LogP contribution in [0.2, 0.25) is 0 Å². The monoisotopic (exact) mass is 410 g/mol. The highest BCUT2D eigenvalue weighted by molar-refractivity contribution is 5.76. The van der Waals surface area contributed by atoms with Gasteiger partial charge in [-0.1, -0.05) is 13.8 Å². The molecule has 0 saturated carbocycles. The molecule has 4 nitrogen and oxygen atoms in total. The molecule has 1 unspecified atom stereocenters. The van der Waals surface area contributed by atoms with Gasteiger partial charge in [-0.05, 0) is 47.5 Å². The van der Waals surface area contributed by atoms with Crippen molar-refractivity contribution in [3.8, 4) is 0 Å². The summed E-state index contributed by atoms with van der Waals surface area (Å²) < 4.78 is 79.4. The highest BCUT2D eigenvalue weighted by atomic mass is 19.4. The molecular weight excluding hydrogens is 382 g/mol. The Hall–Kier alpha value is -1.48. The summed E-state index contributed by atoms with van der Waals surface area (Å²) in [4.78, 5) is 22.3. The maximum Gasteiger partial charge on any atom is 0.425 e. The van der Waals surface area contributed by atoms with Crippen LogP contribution >= 0.6 is 0 Å². The summed E-state index contributed by atoms with van der Waals surface area (Å²) in [6, 6.07) is 0. The quantitative estimate of drug-likeness (QED) is 0.432. The van der Waals surface area contributed by atoms with Crippen molar-refractivity contribution in [2.24, 2.45) is 10.8 Å². The van der Waals surface area contributed by atoms with Crippen LogP contribution in [0, 0.1) is 10.8 Å². The van der Waals surface area contributed by atoms with Crippen molar-refractivity contribution in [3.05, 3.63) is 0 Å². The lowest BCUT2D eigenvalue weighted by Crippen LogP contribution is -2.36. The first-order valence-electron chi connectivity index (χ1n) is 8.32. The van der Waals surface area contributed by atoms with E-state index >= 15 is 0 Å². The Bertz CT molecular complexity index is 481. The summed E-state index contributed by atoms with van der Waals surface area (Å²) in [6.45, 7) is 8.96. The molecule has 0 radical (unpaired) electrons. The SMILES string of the molecule is CCC(C)(C)C(=O)OC(C)C(F)(F)F.CCC(C)(C)C(=O)OCC(F)(F)F. The summed E-state index contributed by atoms with van der Waals surface area (Å²) in [5, 5.41) is 0. The van der Waals surface area contributed by atoms with Gasteiger partial charge in [0.05, 0.1) is 10.8 Å². The maximum atomic E-state index is 12.0. The summed E-state index contributed by atoms with van der Waals surface area (Å²) in [5.41, 5.74) is -1.70. The van der Waals surface area contributed by atoms with Gasteiger partial charge < -0.3 is 9.47 Å². The first-order valence-corrected chi connectivity index (χ1v) is 8.32. The summed E-state index contributed by atoms with van der Waals surface area (Å²) in [5.74, 6) is -1.63. The molecule has 0 rings (SSSR count). The molecule has 0 aliphatic heterocycles. The van der Waals surface area contributed by atoms with Crippen LogP contribution in [0.15, 0.2) is 0 Å². The van der Waals surface area contributed by atoms with Gasteiger partial charge in [-0.25, -0.2) is 0 Å². The fourth-order valence-corrected chi connectivity index (χ4v) is 1.02. The van der Waals surface area contributed by atoms with E-state index in [2.05, 4.69) is 9.47 Å². The second kappa shape index (κ2) is 10.2. The van der Waals surface area contributed by atoms with Crippen molar-refractivity contribution >= 4 is 11.9 Å². The molecular formula is C17H28F6O4. The lowest BCUT2D eigenvalue weighted by Gasteiger charge is -2.24. The number of rotatable bonds is 6. The first kappa shape index (κ1) is 27.7. The molecule has 0 saturated heterocycles. The largest absolute Gasteiger partial charge is 0.456 e. The number of carbonyl (C=O) groups excluding carboxylic acids is 2. The molecule has 0 fully saturated rings. The van der Waals surface area contributed by atoms with Gasteiger partial charge in [0.1, 0.15) is 0 Å². The fourth-order valence-electron chi connectivity index (χ4n) is 1.02. The number of carbonyl (C=O) groups is 2. The van der Waals surface area contributed by atoms with Crippen LogP contribution in [0.25, 0.3) is 0 Å². The van der Waals surface area contributed by atoms with E-state index in [0.29, 0.717) is 12.8 Å². The highest BCUT2D eigenvalue weighted by Gasteiger charge is 2.41. The van der Waals surface area contributed by atoms with E-state index in [1.54, 1.807) is 41.5 Å². The maximum absolute atomic E-state index is 12.0. The average molecular weight is 410 g/mol. The van der Waals surface area contributed by atoms with Crippen molar-refractivity contribution < 1.29 is 45.4 Å². The number of hydrogen-bond acceptors (Lipinski definition) is 4. The normalized spacial score (nSPS) is 14.0. The molecule has 0 N–H and O–H groups in total. The Kier molecular flexibility index (Phi) is 10.4. The average Bonchev–Trinajstić information content (AvgIpc) is 2.51. The van der Waals surface area contributed by atoms with E-state index < -0.39 is 47.8 Å². The first-order chi connectivity index (χ1) is 11.8. The van der Waals surface area contributed by atoms with Gasteiger partial charge in [0.2, 0.25) is 0 Å². The number of hydrogen-bond donors (Lipinski definition) is 0. The minimum absolute atomic E-state index is 0.441. The van der Waals surface area contributed by atoms with Crippen LogP contribution in [-0.4, -0.2) is 37.0 Å². The van der Waals surface area contributed by atoms with E-state index in [4.69, 9.17) is 0 Å². The smallest absolute Gasteiger partial charge is 0.425 e. The third-order valence-electron chi connectivity index (χ3n) is 3.98. The van der Waals surface area contributed by atoms with Gasteiger partial charge in [0.25, 0.3) is 0 Å². The standard InChI is InChI=1S/C9H15F3O2.C8H13F3O2/c1-5-8(3,4)7(13)14-6(2)9(10,11)12;1-4-7(2,3)6(12)13-5-8(9,10)11/h6H,5H2,1-4H3;4-5H2,1-3H3. The Morgan fingerprint density at radius 2 is 1.19 bits per heavy atom. The van der Waals surface area contributed by atoms with Crippen molar-refractivity contribution in [1.82, 2.24) is 0 Å². The second-order valence-corrected chi connectivity index (χ2v) is 7.26. The molecule has 0 aromatic carbocycles. The zero-order valence-electron chi connectivity index (χ0n) is 16.6. The van der Waals surface area contributed by atoms with Crippen LogP contribution in [0.1, 0.15) is 61.3 Å². The van der Waals surface area contributed by atoms with Crippen molar-refractivity contribution in [2.75, 3.05) is 6.61 Å². The van der Waals surface area contributed by atoms with Gasteiger partial charge in [-0.3, -0.25) is 9.59 Å². The number of halogens is 6. The minimum atomic E-state index is -4.49. The Morgan fingerprint density at radius 1 is 0.815 bits per heavy atom. The van der Waals surface area contributed by atoms with Crippen LogP contribution in [0.4, 0.5) is 26.3 Å². The van der Waals surface area contributed by atoms with Crippen LogP contribution in [-0.2, 0) is 19.1 Å². The Labute approximate surface area is 155 Å². The molecule has 27 heavy (non-hydrogen) atoms. The predicted molar refractivity (Wildman–Crippen MR) is 86.8 cm³/mol. The summed E-state index contributed by atoms with van der Waals surface area (Å²) in [7, 11) is 0. The third-order valence-corrected chi connectivity index (χ3v) is 3.98. The minimum Gasteiger partial charge on any atom is -0.456 e. The zero-order chi connectivity index (χ0) is 22.3. The van der Waals surface area contributed by atoms with Gasteiger partial charge in [-0.2, -0.15) is 26.3 Å². The van der Waals surface area contributed by atoms with Gasteiger partial charge in [-0.15, -0.1) is 0 Å². The van der Waals surface area contributed by atoms with E-state index in [1.165, 1.54) is 0 Å². The number of alkyl halides is 6. The van der Waals surface area contributed by atoms with Gasteiger partial charge in [0.15, 0.2) is 12.7 Å². The van der Waals surface area contributed by atoms with Crippen molar-refractivity contribution in [3.63, 3.8) is 0 Å². The van der Waals surface area contributed by atoms with E-state index in [0.717, 1.165) is 6.92 Å². The Balaban J connectivity index is 0. The molecule has 0 heterocycles. The van der Waals surface area contributed by atoms with Crippen LogP contribution < -0.4 is 0 Å². The lowest BCUT2D eigenvalue weighted by molar-refractivity contribution is -0.221. The molecule has 0 amide bonds. The molecule has 0 spiro atoms. The molecule has 10 heteroatoms. The van der Waals surface area contributed by atoms with Crippen molar-refractivity contribution in [2.45, 2.75) is 79.8 Å². The van der Waals surface area contributed by atoms with E-state index in [9.17, 15) is 35.9 Å². The van der Waals surface area contributed by atoms with Crippen LogP contribution in [0.3, 0.4) is 0 Å². The number of ether oxygens (including phenoxy) is 2. The molecule has 0 aromatic rings. The van der Waals surface area contributed by atoms with E-state index in [1.807, 2.05) is 0 Å². The molecule has 1 atom stereocenters. The molecule has 0 aromatic heterocycles. The topological polar surface area (TPSA) is 52.6 Å². The van der Waals surface area contributed by atoms with Gasteiger partial charge >= 0.3 is 24.3 Å². The third kappa shape index (κ3) is 11.8. The molecule has 162 valence electrons. The highest BCUT2D eigenvalue weighted by Crippen LogP contribution is 2.27. The predicted octanol–water partition coefficient (Wildman–Crippen LogP) is 5.44. The second-order valence-electron chi connectivity index (χ2n) is 7.26. The summed E-state index contributed by atoms with van der Waals surface area (Å²) in [6.07, 6.45) is -10.1. The number of esters is 2. The van der Waals surface area contributed by atoms with Gasteiger partial charge in [0, 0.05) is 0 Å². The molecule has 0 aliphatic rings. The van der Waals surface area contributed by atoms with Crippen molar-refractivity contribution in [1.29, 1.82) is 0 Å². The molecule has 0 aliphatic carbocycles. The summed E-state index contributed by atoms with van der Waals surface area (Å²) >= 11 is 0. The lowest BCUT2D eigenvalue weighted by atomic mass is 9.90. The Morgan fingerprint density at radius 3 is 1.48 bits per heavy atom. The van der Waals surface area contributed by atoms with E-state index in [-0.39, 0.29) is 0 Å². The van der Waals surface area contributed by atoms with Crippen LogP contribution in [0.5, 0.6) is 0 Å². The fraction of sp³-hybridized carbons (Fsp3) is 0.882. The molecule has 0 bridgehead atoms.